The lowest BCUT2D eigenvalue weighted by molar-refractivity contribution is 0.372. The molecule has 0 amide bonds. The van der Waals surface area contributed by atoms with Gasteiger partial charge in [-0.15, -0.1) is 0 Å². The Morgan fingerprint density at radius 2 is 1.18 bits per heavy atom. The second kappa shape index (κ2) is 1.89. The highest BCUT2D eigenvalue weighted by atomic mass is 32.3. The number of sulfone groups is 2. The average Bonchev–Trinajstić information content (AvgIpc) is 1.91. The molecule has 2 N–H and O–H groups in total. The van der Waals surface area contributed by atoms with Crippen LogP contribution in [0.3, 0.4) is 0 Å². The van der Waals surface area contributed by atoms with Crippen LogP contribution in [0.5, 0.6) is 0 Å². The van der Waals surface area contributed by atoms with Gasteiger partial charge in [0.1, 0.15) is 0 Å². The van der Waals surface area contributed by atoms with Gasteiger partial charge in [-0.2, -0.15) is 0 Å². The fourth-order valence-electron chi connectivity index (χ4n) is 0.582. The lowest BCUT2D eigenvalue weighted by Gasteiger charge is -1.85. The first kappa shape index (κ1) is 8.34. The number of hydrogen-bond acceptors (Lipinski definition) is 6. The molecule has 1 aliphatic heterocycles. The summed E-state index contributed by atoms with van der Waals surface area (Å²) < 4.78 is 42.2. The average molecular weight is 200 g/mol. The van der Waals surface area contributed by atoms with Crippen molar-refractivity contribution in [1.29, 1.82) is 0 Å². The molecule has 0 spiro atoms. The van der Waals surface area contributed by atoms with Crippen molar-refractivity contribution < 1.29 is 27.0 Å². The third-order valence-electron chi connectivity index (χ3n) is 1.08. The molecule has 0 fully saturated rings. The fraction of sp³-hybridized carbons (Fsp3) is 0.333. The van der Waals surface area contributed by atoms with Crippen molar-refractivity contribution in [1.82, 2.24) is 0 Å². The van der Waals surface area contributed by atoms with Crippen LogP contribution >= 0.6 is 0 Å². The molecule has 0 saturated carbocycles. The van der Waals surface area contributed by atoms with Crippen molar-refractivity contribution in [3.63, 3.8) is 0 Å². The van der Waals surface area contributed by atoms with Crippen LogP contribution in [-0.2, 0) is 19.7 Å². The molecule has 8 heteroatoms. The highest BCUT2D eigenvalue weighted by molar-refractivity contribution is 8.14. The van der Waals surface area contributed by atoms with Gasteiger partial charge in [0.15, 0.2) is 5.08 Å². The van der Waals surface area contributed by atoms with Crippen molar-refractivity contribution >= 4 is 19.7 Å². The normalized spacial score (nSPS) is 27.3. The van der Waals surface area contributed by atoms with Crippen LogP contribution < -0.4 is 0 Å². The third kappa shape index (κ3) is 1.07. The van der Waals surface area contributed by atoms with Crippen molar-refractivity contribution in [3.05, 3.63) is 10.2 Å². The van der Waals surface area contributed by atoms with Crippen LogP contribution in [-0.4, -0.2) is 32.1 Å². The highest BCUT2D eigenvalue weighted by Crippen LogP contribution is 2.24. The van der Waals surface area contributed by atoms with Crippen LogP contribution in [0.2, 0.25) is 0 Å². The smallest absolute Gasteiger partial charge is 0.265 e. The predicted molar refractivity (Wildman–Crippen MR) is 35.0 cm³/mol. The van der Waals surface area contributed by atoms with Gasteiger partial charge in [-0.25, -0.2) is 16.8 Å². The maximum atomic E-state index is 10.5. The fourth-order valence-corrected chi connectivity index (χ4v) is 4.40. The van der Waals surface area contributed by atoms with Gasteiger partial charge < -0.3 is 10.2 Å². The van der Waals surface area contributed by atoms with Crippen molar-refractivity contribution in [3.8, 4) is 0 Å². The molecule has 0 saturated heterocycles. The summed E-state index contributed by atoms with van der Waals surface area (Å²) in [7, 11) is -8.37. The van der Waals surface area contributed by atoms with Crippen LogP contribution in [0.25, 0.3) is 0 Å². The van der Waals surface area contributed by atoms with Crippen LogP contribution in [0.4, 0.5) is 0 Å². The predicted octanol–water partition coefficient (Wildman–Crippen LogP) is -0.970. The summed E-state index contributed by atoms with van der Waals surface area (Å²) in [6.07, 6.45) is 0. The molecule has 0 bridgehead atoms. The molecule has 6 nitrogen and oxygen atoms in total. The van der Waals surface area contributed by atoms with Gasteiger partial charge in [0, 0.05) is 0 Å². The Morgan fingerprint density at radius 1 is 0.909 bits per heavy atom. The second-order valence-electron chi connectivity index (χ2n) is 1.96. The lowest BCUT2D eigenvalue weighted by atomic mass is 11.1. The Hall–Kier alpha value is -0.760. The summed E-state index contributed by atoms with van der Waals surface area (Å²) in [6.45, 7) is 0. The van der Waals surface area contributed by atoms with Crippen molar-refractivity contribution in [2.45, 2.75) is 0 Å². The van der Waals surface area contributed by atoms with E-state index in [1.54, 1.807) is 0 Å². The van der Waals surface area contributed by atoms with Gasteiger partial charge in [0.05, 0.1) is 0 Å². The lowest BCUT2D eigenvalue weighted by Crippen LogP contribution is -2.07. The molecule has 1 rings (SSSR count). The van der Waals surface area contributed by atoms with Gasteiger partial charge in [-0.3, -0.25) is 0 Å². The molecular formula is C3H4O6S2. The van der Waals surface area contributed by atoms with Gasteiger partial charge in [0.2, 0.25) is 19.7 Å². The zero-order chi connectivity index (χ0) is 8.86. The highest BCUT2D eigenvalue weighted by Gasteiger charge is 2.42. The van der Waals surface area contributed by atoms with E-state index in [-0.39, 0.29) is 0 Å². The monoisotopic (exact) mass is 200 g/mol. The quantitative estimate of drug-likeness (QED) is 0.520. The number of aliphatic hydroxyl groups is 2. The summed E-state index contributed by atoms with van der Waals surface area (Å²) in [5.74, 6) is 0. The van der Waals surface area contributed by atoms with Crippen LogP contribution in [0.15, 0.2) is 10.2 Å². The molecule has 0 radical (unpaired) electrons. The minimum atomic E-state index is -4.18. The van der Waals surface area contributed by atoms with Gasteiger partial charge in [-0.1, -0.05) is 0 Å². The Balaban J connectivity index is 3.56. The minimum absolute atomic E-state index is 1.25. The van der Waals surface area contributed by atoms with Gasteiger partial charge >= 0.3 is 0 Å². The summed E-state index contributed by atoms with van der Waals surface area (Å²) in [6, 6.07) is 0. The molecule has 0 unspecified atom stereocenters. The molecule has 11 heavy (non-hydrogen) atoms. The van der Waals surface area contributed by atoms with Crippen molar-refractivity contribution in [2.75, 3.05) is 5.08 Å². The van der Waals surface area contributed by atoms with E-state index in [4.69, 9.17) is 10.2 Å². The molecule has 0 aromatic heterocycles. The Labute approximate surface area is 62.6 Å². The first-order valence-electron chi connectivity index (χ1n) is 2.35. The van der Waals surface area contributed by atoms with E-state index in [1.165, 1.54) is 0 Å². The Morgan fingerprint density at radius 3 is 1.27 bits per heavy atom. The molecule has 64 valence electrons. The van der Waals surface area contributed by atoms with Crippen LogP contribution in [0.1, 0.15) is 0 Å². The largest absolute Gasteiger partial charge is 0.496 e. The zero-order valence-corrected chi connectivity index (χ0v) is 6.68. The summed E-state index contributed by atoms with van der Waals surface area (Å²) in [4.78, 5) is 0. The molecule has 0 atom stereocenters. The molecule has 0 aliphatic carbocycles. The van der Waals surface area contributed by atoms with E-state index in [9.17, 15) is 16.8 Å². The molecule has 0 aromatic carbocycles. The van der Waals surface area contributed by atoms with Crippen molar-refractivity contribution in [2.24, 2.45) is 0 Å². The second-order valence-corrected chi connectivity index (χ2v) is 6.13. The Kier molecular flexibility index (Phi) is 1.43. The standard InChI is InChI=1S/C3H4O6S2/c4-2-3(5)11(8,9)1-10(2,6)7/h4-5H,1H2. The number of rotatable bonds is 0. The number of hydrogen-bond donors (Lipinski definition) is 2. The summed E-state index contributed by atoms with van der Waals surface area (Å²) >= 11 is 0. The van der Waals surface area contributed by atoms with E-state index in [0.29, 0.717) is 0 Å². The topological polar surface area (TPSA) is 109 Å². The minimum Gasteiger partial charge on any atom is -0.496 e. The molecule has 1 heterocycles. The van der Waals surface area contributed by atoms with Crippen LogP contribution in [0, 0.1) is 0 Å². The van der Waals surface area contributed by atoms with Gasteiger partial charge in [0.25, 0.3) is 10.2 Å². The third-order valence-corrected chi connectivity index (χ3v) is 5.26. The summed E-state index contributed by atoms with van der Waals surface area (Å²) in [5, 5.41) is 12.9. The Bertz CT molecular complexity index is 369. The first-order valence-corrected chi connectivity index (χ1v) is 5.65. The van der Waals surface area contributed by atoms with E-state index in [1.807, 2.05) is 0 Å². The molecule has 0 aromatic rings. The maximum Gasteiger partial charge on any atom is 0.265 e. The van der Waals surface area contributed by atoms with E-state index >= 15 is 0 Å². The SMILES string of the molecule is O=S1(=O)CS(=O)(=O)C(O)=C1O. The number of aliphatic hydroxyl groups excluding tert-OH is 2. The summed E-state index contributed by atoms with van der Waals surface area (Å²) in [5.41, 5.74) is 0. The molecule has 1 aliphatic rings. The zero-order valence-electron chi connectivity index (χ0n) is 5.05. The van der Waals surface area contributed by atoms with E-state index in [0.717, 1.165) is 0 Å². The maximum absolute atomic E-state index is 10.5. The first-order chi connectivity index (χ1) is 4.77. The van der Waals surface area contributed by atoms with Gasteiger partial charge in [-0.05, 0) is 0 Å². The van der Waals surface area contributed by atoms with E-state index in [2.05, 4.69) is 0 Å². The van der Waals surface area contributed by atoms with E-state index < -0.39 is 34.9 Å². The molecular weight excluding hydrogens is 196 g/mol.